The molecule has 2 rings (SSSR count). The lowest BCUT2D eigenvalue weighted by atomic mass is 10.1. The summed E-state index contributed by atoms with van der Waals surface area (Å²) in [5, 5.41) is 10.8. The van der Waals surface area contributed by atoms with Crippen LogP contribution >= 0.6 is 0 Å². The van der Waals surface area contributed by atoms with E-state index in [0.29, 0.717) is 17.3 Å². The molecule has 0 spiro atoms. The fourth-order valence-corrected chi connectivity index (χ4v) is 1.80. The van der Waals surface area contributed by atoms with Crippen LogP contribution in [-0.2, 0) is 14.1 Å². The summed E-state index contributed by atoms with van der Waals surface area (Å²) in [4.78, 5) is 32.6. The molecule has 2 aromatic rings. The van der Waals surface area contributed by atoms with Crippen LogP contribution in [0.15, 0.2) is 16.9 Å². The summed E-state index contributed by atoms with van der Waals surface area (Å²) in [6, 6.07) is 2.59. The molecular weight excluding hydrogens is 226 g/mol. The van der Waals surface area contributed by atoms with E-state index in [-0.39, 0.29) is 16.9 Å². The van der Waals surface area contributed by atoms with E-state index in [1.54, 1.807) is 7.05 Å². The normalized spacial score (nSPS) is 10.7. The Balaban J connectivity index is 2.98. The Hall–Kier alpha value is -2.44. The van der Waals surface area contributed by atoms with Gasteiger partial charge in [-0.1, -0.05) is 0 Å². The number of carbonyl (C=O) groups excluding carboxylic acids is 1. The van der Waals surface area contributed by atoms with Crippen LogP contribution in [0.1, 0.15) is 10.4 Å². The smallest absolute Gasteiger partial charge is 0.298 e. The Labute approximate surface area is 95.0 Å². The zero-order chi connectivity index (χ0) is 12.7. The van der Waals surface area contributed by atoms with Crippen molar-refractivity contribution >= 4 is 23.0 Å². The molecule has 1 aromatic carbocycles. The Kier molecular flexibility index (Phi) is 2.31. The number of aldehydes is 1. The first-order valence-corrected chi connectivity index (χ1v) is 4.76. The van der Waals surface area contributed by atoms with Gasteiger partial charge < -0.3 is 0 Å². The third-order valence-corrected chi connectivity index (χ3v) is 2.74. The largest absolute Gasteiger partial charge is 0.328 e. The highest BCUT2D eigenvalue weighted by Gasteiger charge is 2.18. The molecule has 17 heavy (non-hydrogen) atoms. The van der Waals surface area contributed by atoms with E-state index in [1.807, 2.05) is 0 Å². The summed E-state index contributed by atoms with van der Waals surface area (Å²) in [7, 11) is 3.07. The number of aromatic nitrogens is 2. The van der Waals surface area contributed by atoms with Gasteiger partial charge in [-0.3, -0.25) is 24.0 Å². The second kappa shape index (κ2) is 3.55. The van der Waals surface area contributed by atoms with Crippen LogP contribution in [0.3, 0.4) is 0 Å². The van der Waals surface area contributed by atoms with Gasteiger partial charge in [0, 0.05) is 20.2 Å². The average Bonchev–Trinajstić information content (AvgIpc) is 2.52. The van der Waals surface area contributed by atoms with E-state index in [2.05, 4.69) is 0 Å². The van der Waals surface area contributed by atoms with Crippen molar-refractivity contribution in [2.24, 2.45) is 14.1 Å². The van der Waals surface area contributed by atoms with E-state index >= 15 is 0 Å². The van der Waals surface area contributed by atoms with E-state index in [1.165, 1.54) is 28.3 Å². The van der Waals surface area contributed by atoms with Gasteiger partial charge in [-0.15, -0.1) is 0 Å². The molecule has 0 bridgehead atoms. The number of aryl methyl sites for hydroxylation is 2. The van der Waals surface area contributed by atoms with Crippen molar-refractivity contribution in [2.75, 3.05) is 0 Å². The number of fused-ring (bicyclic) bond motifs is 1. The predicted octanol–water partition coefficient (Wildman–Crippen LogP) is 0.598. The number of nitrogens with zero attached hydrogens (tertiary/aromatic N) is 3. The summed E-state index contributed by atoms with van der Waals surface area (Å²) in [5.41, 5.74) is 0.287. The van der Waals surface area contributed by atoms with Crippen molar-refractivity contribution in [3.05, 3.63) is 38.3 Å². The molecular formula is C10H9N3O4. The summed E-state index contributed by atoms with van der Waals surface area (Å²) in [6.45, 7) is 0. The number of hydrogen-bond donors (Lipinski definition) is 0. The lowest BCUT2D eigenvalue weighted by molar-refractivity contribution is -0.384. The number of nitro groups is 1. The van der Waals surface area contributed by atoms with Gasteiger partial charge in [-0.2, -0.15) is 0 Å². The highest BCUT2D eigenvalue weighted by molar-refractivity contribution is 5.90. The molecule has 0 aliphatic rings. The van der Waals surface area contributed by atoms with Gasteiger partial charge >= 0.3 is 5.69 Å². The molecule has 7 nitrogen and oxygen atoms in total. The molecule has 0 saturated carbocycles. The lowest BCUT2D eigenvalue weighted by Crippen LogP contribution is -2.19. The van der Waals surface area contributed by atoms with Crippen molar-refractivity contribution in [2.45, 2.75) is 0 Å². The van der Waals surface area contributed by atoms with Crippen molar-refractivity contribution in [3.63, 3.8) is 0 Å². The monoisotopic (exact) mass is 235 g/mol. The van der Waals surface area contributed by atoms with Crippen LogP contribution in [0, 0.1) is 10.1 Å². The molecule has 0 aliphatic heterocycles. The average molecular weight is 235 g/mol. The zero-order valence-corrected chi connectivity index (χ0v) is 9.21. The molecule has 88 valence electrons. The Morgan fingerprint density at radius 1 is 1.24 bits per heavy atom. The van der Waals surface area contributed by atoms with Gasteiger partial charge in [0.25, 0.3) is 5.69 Å². The summed E-state index contributed by atoms with van der Waals surface area (Å²) < 4.78 is 2.64. The van der Waals surface area contributed by atoms with Crippen molar-refractivity contribution in [1.82, 2.24) is 9.13 Å². The number of carbonyl (C=O) groups is 1. The number of hydrogen-bond acceptors (Lipinski definition) is 4. The topological polar surface area (TPSA) is 87.1 Å². The quantitative estimate of drug-likeness (QED) is 0.433. The molecule has 0 radical (unpaired) electrons. The number of rotatable bonds is 2. The van der Waals surface area contributed by atoms with Gasteiger partial charge in [-0.05, 0) is 6.07 Å². The first kappa shape index (κ1) is 11.1. The molecule has 0 aliphatic carbocycles. The van der Waals surface area contributed by atoms with Crippen LogP contribution in [0.25, 0.3) is 11.0 Å². The zero-order valence-electron chi connectivity index (χ0n) is 9.21. The molecule has 1 aromatic heterocycles. The maximum absolute atomic E-state index is 11.6. The third kappa shape index (κ3) is 1.43. The maximum Gasteiger partial charge on any atom is 0.328 e. The standard InChI is InChI=1S/C10H9N3O4/c1-11-8-3-6(5-14)7(13(16)17)4-9(8)12(2)10(11)15/h3-5H,1-2H3. The molecule has 0 saturated heterocycles. The highest BCUT2D eigenvalue weighted by atomic mass is 16.6. The molecule has 0 N–H and O–H groups in total. The second-order valence-electron chi connectivity index (χ2n) is 3.68. The summed E-state index contributed by atoms with van der Waals surface area (Å²) in [6.07, 6.45) is 0.412. The maximum atomic E-state index is 11.6. The molecule has 0 amide bonds. The van der Waals surface area contributed by atoms with E-state index in [9.17, 15) is 19.7 Å². The summed E-state index contributed by atoms with van der Waals surface area (Å²) in [5.74, 6) is 0. The molecule has 1 heterocycles. The van der Waals surface area contributed by atoms with Crippen molar-refractivity contribution in [1.29, 1.82) is 0 Å². The van der Waals surface area contributed by atoms with Gasteiger partial charge in [0.15, 0.2) is 6.29 Å². The van der Waals surface area contributed by atoms with Crippen LogP contribution in [0.5, 0.6) is 0 Å². The Bertz CT molecular complexity index is 696. The lowest BCUT2D eigenvalue weighted by Gasteiger charge is -1.98. The van der Waals surface area contributed by atoms with Crippen LogP contribution < -0.4 is 5.69 Å². The number of benzene rings is 1. The van der Waals surface area contributed by atoms with Crippen LogP contribution in [-0.4, -0.2) is 20.3 Å². The first-order valence-electron chi connectivity index (χ1n) is 4.76. The van der Waals surface area contributed by atoms with Gasteiger partial charge in [-0.25, -0.2) is 4.79 Å². The first-order chi connectivity index (χ1) is 7.97. The van der Waals surface area contributed by atoms with Gasteiger partial charge in [0.1, 0.15) is 0 Å². The van der Waals surface area contributed by atoms with Crippen LogP contribution in [0.2, 0.25) is 0 Å². The van der Waals surface area contributed by atoms with E-state index < -0.39 is 4.92 Å². The molecule has 7 heteroatoms. The van der Waals surface area contributed by atoms with E-state index in [0.717, 1.165) is 0 Å². The molecule has 0 atom stereocenters. The molecule has 0 fully saturated rings. The van der Waals surface area contributed by atoms with Crippen molar-refractivity contribution < 1.29 is 9.72 Å². The van der Waals surface area contributed by atoms with Gasteiger partial charge in [0.2, 0.25) is 0 Å². The minimum Gasteiger partial charge on any atom is -0.298 e. The molecule has 0 unspecified atom stereocenters. The Morgan fingerprint density at radius 3 is 2.24 bits per heavy atom. The minimum atomic E-state index is -0.638. The van der Waals surface area contributed by atoms with Gasteiger partial charge in [0.05, 0.1) is 21.5 Å². The second-order valence-corrected chi connectivity index (χ2v) is 3.68. The Morgan fingerprint density at radius 2 is 1.76 bits per heavy atom. The number of imidazole rings is 1. The number of nitro benzene ring substituents is 1. The fourth-order valence-electron chi connectivity index (χ4n) is 1.80. The predicted molar refractivity (Wildman–Crippen MR) is 60.2 cm³/mol. The van der Waals surface area contributed by atoms with Crippen molar-refractivity contribution in [3.8, 4) is 0 Å². The SMILES string of the molecule is Cn1c(=O)n(C)c2cc([N+](=O)[O-])c(C=O)cc21. The summed E-state index contributed by atoms with van der Waals surface area (Å²) >= 11 is 0. The van der Waals surface area contributed by atoms with Crippen LogP contribution in [0.4, 0.5) is 5.69 Å². The fraction of sp³-hybridized carbons (Fsp3) is 0.200. The van der Waals surface area contributed by atoms with E-state index in [4.69, 9.17) is 0 Å². The third-order valence-electron chi connectivity index (χ3n) is 2.74. The highest BCUT2D eigenvalue weighted by Crippen LogP contribution is 2.23. The minimum absolute atomic E-state index is 0.0382.